The van der Waals surface area contributed by atoms with Crippen molar-refractivity contribution >= 4 is 23.5 Å². The lowest BCUT2D eigenvalue weighted by Gasteiger charge is -2.33. The number of para-hydroxylation sites is 1. The number of carbonyl (C=O) groups is 3. The average Bonchev–Trinajstić information content (AvgIpc) is 2.93. The molecule has 0 radical (unpaired) electrons. The van der Waals surface area contributed by atoms with Crippen molar-refractivity contribution < 1.29 is 14.4 Å². The van der Waals surface area contributed by atoms with Crippen LogP contribution >= 0.6 is 0 Å². The molecule has 2 aromatic rings. The summed E-state index contributed by atoms with van der Waals surface area (Å²) in [6, 6.07) is 15.6. The molecule has 4 amide bonds. The van der Waals surface area contributed by atoms with Crippen LogP contribution in [0.15, 0.2) is 48.5 Å². The Hall–Kier alpha value is -3.66. The minimum Gasteiger partial charge on any atom is -0.323 e. The van der Waals surface area contributed by atoms with E-state index in [1.54, 1.807) is 24.3 Å². The van der Waals surface area contributed by atoms with E-state index in [1.807, 2.05) is 30.3 Å². The fraction of sp³-hybridized carbons (Fsp3) is 0.238. The number of nitrogens with one attached hydrogen (secondary N) is 2. The van der Waals surface area contributed by atoms with Gasteiger partial charge in [0.2, 0.25) is 5.91 Å². The van der Waals surface area contributed by atoms with E-state index in [0.717, 1.165) is 28.9 Å². The maximum atomic E-state index is 13.2. The molecule has 0 saturated carbocycles. The number of nitrogens with zero attached hydrogens (tertiary/aromatic N) is 2. The average molecular weight is 374 g/mol. The van der Waals surface area contributed by atoms with Crippen LogP contribution in [0.4, 0.5) is 10.5 Å². The molecule has 1 atom stereocenters. The molecule has 1 aliphatic carbocycles. The maximum Gasteiger partial charge on any atom is 0.325 e. The molecule has 2 aliphatic rings. The van der Waals surface area contributed by atoms with Crippen molar-refractivity contribution in [3.05, 3.63) is 65.2 Å². The Morgan fingerprint density at radius 3 is 2.75 bits per heavy atom. The summed E-state index contributed by atoms with van der Waals surface area (Å²) >= 11 is 0. The molecule has 2 aromatic carbocycles. The molecule has 1 aliphatic heterocycles. The van der Waals surface area contributed by atoms with Crippen LogP contribution in [-0.4, -0.2) is 29.3 Å². The molecule has 1 spiro atoms. The fourth-order valence-electron chi connectivity index (χ4n) is 3.98. The minimum absolute atomic E-state index is 0.311. The number of hydrogen-bond donors (Lipinski definition) is 2. The normalized spacial score (nSPS) is 20.5. The lowest BCUT2D eigenvalue weighted by atomic mass is 9.76. The van der Waals surface area contributed by atoms with Gasteiger partial charge in [-0.2, -0.15) is 5.26 Å². The Morgan fingerprint density at radius 2 is 1.93 bits per heavy atom. The summed E-state index contributed by atoms with van der Waals surface area (Å²) < 4.78 is 0. The van der Waals surface area contributed by atoms with Gasteiger partial charge in [-0.15, -0.1) is 0 Å². The van der Waals surface area contributed by atoms with E-state index in [0.29, 0.717) is 17.7 Å². The fourth-order valence-corrected chi connectivity index (χ4v) is 3.98. The summed E-state index contributed by atoms with van der Waals surface area (Å²) in [7, 11) is 0. The van der Waals surface area contributed by atoms with Gasteiger partial charge in [-0.3, -0.25) is 14.5 Å². The number of rotatable bonds is 3. The van der Waals surface area contributed by atoms with Crippen molar-refractivity contribution in [3.8, 4) is 6.07 Å². The molecule has 1 fully saturated rings. The highest BCUT2D eigenvalue weighted by atomic mass is 16.2. The summed E-state index contributed by atoms with van der Waals surface area (Å²) in [6.45, 7) is -0.408. The number of carbonyl (C=O) groups excluding carboxylic acids is 3. The number of anilines is 1. The van der Waals surface area contributed by atoms with Gasteiger partial charge < -0.3 is 10.6 Å². The van der Waals surface area contributed by atoms with Crippen LogP contribution < -0.4 is 10.6 Å². The molecule has 28 heavy (non-hydrogen) atoms. The van der Waals surface area contributed by atoms with E-state index in [2.05, 4.69) is 10.6 Å². The molecule has 7 heteroatoms. The van der Waals surface area contributed by atoms with Gasteiger partial charge in [-0.25, -0.2) is 4.79 Å². The molecule has 0 aromatic heterocycles. The predicted octanol–water partition coefficient (Wildman–Crippen LogP) is 2.28. The van der Waals surface area contributed by atoms with Gasteiger partial charge in [0.1, 0.15) is 18.2 Å². The van der Waals surface area contributed by atoms with Crippen LogP contribution in [0.2, 0.25) is 0 Å². The highest BCUT2D eigenvalue weighted by Gasteiger charge is 2.54. The van der Waals surface area contributed by atoms with E-state index in [4.69, 9.17) is 5.26 Å². The zero-order valence-corrected chi connectivity index (χ0v) is 15.1. The van der Waals surface area contributed by atoms with E-state index in [1.165, 1.54) is 0 Å². The van der Waals surface area contributed by atoms with Gasteiger partial charge in [-0.1, -0.05) is 36.4 Å². The number of nitriles is 1. The monoisotopic (exact) mass is 374 g/mol. The van der Waals surface area contributed by atoms with Gasteiger partial charge in [0, 0.05) is 0 Å². The first kappa shape index (κ1) is 17.7. The predicted molar refractivity (Wildman–Crippen MR) is 101 cm³/mol. The topological polar surface area (TPSA) is 102 Å². The first-order valence-electron chi connectivity index (χ1n) is 9.06. The summed E-state index contributed by atoms with van der Waals surface area (Å²) in [4.78, 5) is 39.1. The number of urea groups is 1. The van der Waals surface area contributed by atoms with Crippen LogP contribution in [0.3, 0.4) is 0 Å². The summed E-state index contributed by atoms with van der Waals surface area (Å²) in [5, 5.41) is 14.6. The van der Waals surface area contributed by atoms with Gasteiger partial charge in [0.15, 0.2) is 0 Å². The van der Waals surface area contributed by atoms with Crippen molar-refractivity contribution in [2.75, 3.05) is 11.9 Å². The van der Waals surface area contributed by atoms with Gasteiger partial charge >= 0.3 is 6.03 Å². The van der Waals surface area contributed by atoms with Crippen LogP contribution in [0, 0.1) is 11.3 Å². The van der Waals surface area contributed by atoms with E-state index in [9.17, 15) is 14.4 Å². The first-order valence-corrected chi connectivity index (χ1v) is 9.06. The van der Waals surface area contributed by atoms with Gasteiger partial charge in [0.25, 0.3) is 5.91 Å². The third-order valence-corrected chi connectivity index (χ3v) is 5.27. The molecular formula is C21H18N4O3. The number of aryl methyl sites for hydroxylation is 1. The number of fused-ring (bicyclic) bond motifs is 2. The maximum absolute atomic E-state index is 13.2. The highest BCUT2D eigenvalue weighted by Crippen LogP contribution is 2.39. The van der Waals surface area contributed by atoms with E-state index in [-0.39, 0.29) is 0 Å². The highest BCUT2D eigenvalue weighted by molar-refractivity contribution is 6.10. The Bertz CT molecular complexity index is 1030. The Kier molecular flexibility index (Phi) is 4.32. The second-order valence-corrected chi connectivity index (χ2v) is 6.94. The number of amides is 4. The molecule has 7 nitrogen and oxygen atoms in total. The van der Waals surface area contributed by atoms with E-state index < -0.39 is 29.9 Å². The van der Waals surface area contributed by atoms with Crippen molar-refractivity contribution in [3.63, 3.8) is 0 Å². The molecule has 140 valence electrons. The second-order valence-electron chi connectivity index (χ2n) is 6.94. The number of imide groups is 1. The Balaban J connectivity index is 1.56. The molecule has 2 N–H and O–H groups in total. The summed E-state index contributed by atoms with van der Waals surface area (Å²) in [6.07, 6.45) is 2.13. The minimum atomic E-state index is -1.10. The molecule has 0 bridgehead atoms. The second kappa shape index (κ2) is 6.82. The van der Waals surface area contributed by atoms with Crippen molar-refractivity contribution in [1.82, 2.24) is 10.2 Å². The molecule has 4 rings (SSSR count). The number of hydrogen-bond acceptors (Lipinski definition) is 4. The zero-order valence-electron chi connectivity index (χ0n) is 15.1. The van der Waals surface area contributed by atoms with Crippen molar-refractivity contribution in [1.29, 1.82) is 5.26 Å². The molecule has 1 heterocycles. The molecule has 0 unspecified atom stereocenters. The smallest absolute Gasteiger partial charge is 0.323 e. The zero-order chi connectivity index (χ0) is 19.7. The van der Waals surface area contributed by atoms with Gasteiger partial charge in [-0.05, 0) is 42.5 Å². The van der Waals surface area contributed by atoms with Crippen LogP contribution in [-0.2, 0) is 21.5 Å². The number of benzene rings is 2. The third kappa shape index (κ3) is 2.79. The first-order chi connectivity index (χ1) is 13.5. The Morgan fingerprint density at radius 1 is 1.18 bits per heavy atom. The van der Waals surface area contributed by atoms with Crippen LogP contribution in [0.1, 0.15) is 29.5 Å². The standard InChI is InChI=1S/C21H18N4O3/c22-12-15-7-2-4-10-17(15)23-18(26)13-25-19(27)21(24-20(25)28)11-5-8-14-6-1-3-9-16(14)21/h1-4,6-7,9-10H,5,8,11,13H2,(H,23,26)(H,24,28)/t21-/m1/s1. The Labute approximate surface area is 161 Å². The quantitative estimate of drug-likeness (QED) is 0.805. The lowest BCUT2D eigenvalue weighted by molar-refractivity contribution is -0.134. The van der Waals surface area contributed by atoms with Crippen molar-refractivity contribution in [2.24, 2.45) is 0 Å². The molecule has 1 saturated heterocycles. The van der Waals surface area contributed by atoms with Crippen LogP contribution in [0.25, 0.3) is 0 Å². The van der Waals surface area contributed by atoms with E-state index >= 15 is 0 Å². The lowest BCUT2D eigenvalue weighted by Crippen LogP contribution is -2.47. The van der Waals surface area contributed by atoms with Crippen LogP contribution in [0.5, 0.6) is 0 Å². The summed E-state index contributed by atoms with van der Waals surface area (Å²) in [5.41, 5.74) is 1.40. The third-order valence-electron chi connectivity index (χ3n) is 5.27. The summed E-state index contributed by atoms with van der Waals surface area (Å²) in [5.74, 6) is -0.944. The van der Waals surface area contributed by atoms with Crippen molar-refractivity contribution in [2.45, 2.75) is 24.8 Å². The largest absolute Gasteiger partial charge is 0.325 e. The SMILES string of the molecule is N#Cc1ccccc1NC(=O)CN1C(=O)N[C@@]2(CCCc3ccccc32)C1=O. The molecular weight excluding hydrogens is 356 g/mol. The van der Waals surface area contributed by atoms with Gasteiger partial charge in [0.05, 0.1) is 11.3 Å².